The third-order valence-corrected chi connectivity index (χ3v) is 3.29. The number of fused-ring (bicyclic) bond motifs is 3. The molecule has 15 heavy (non-hydrogen) atoms. The standard InChI is InChI=1S/C12H7O2P/c13-11-9-5-2-1-4-8(9)10-6-3-7-15-12(10)14-11/h1-7H. The summed E-state index contributed by atoms with van der Waals surface area (Å²) in [6.45, 7) is 0. The van der Waals surface area contributed by atoms with Crippen molar-refractivity contribution in [3.05, 3.63) is 52.6 Å². The van der Waals surface area contributed by atoms with Crippen molar-refractivity contribution in [3.8, 4) is 0 Å². The van der Waals surface area contributed by atoms with Gasteiger partial charge in [-0.05, 0) is 26.1 Å². The van der Waals surface area contributed by atoms with Gasteiger partial charge in [-0.25, -0.2) is 4.79 Å². The van der Waals surface area contributed by atoms with Gasteiger partial charge in [0.05, 0.1) is 5.39 Å². The number of benzene rings is 1. The number of hydrogen-bond acceptors (Lipinski definition) is 2. The third kappa shape index (κ3) is 1.26. The average molecular weight is 214 g/mol. The van der Waals surface area contributed by atoms with Gasteiger partial charge in [-0.2, -0.15) is 0 Å². The zero-order valence-corrected chi connectivity index (χ0v) is 8.70. The summed E-state index contributed by atoms with van der Waals surface area (Å²) in [6, 6.07) is 11.5. The van der Waals surface area contributed by atoms with Gasteiger partial charge in [-0.1, -0.05) is 24.3 Å². The molecule has 0 unspecified atom stereocenters. The van der Waals surface area contributed by atoms with Crippen molar-refractivity contribution in [1.29, 1.82) is 0 Å². The van der Waals surface area contributed by atoms with E-state index in [9.17, 15) is 4.79 Å². The maximum Gasteiger partial charge on any atom is 0.344 e. The summed E-state index contributed by atoms with van der Waals surface area (Å²) in [7, 11) is 0.947. The molecule has 0 aliphatic rings. The predicted octanol–water partition coefficient (Wildman–Crippen LogP) is 3.53. The van der Waals surface area contributed by atoms with Crippen LogP contribution in [0.25, 0.3) is 21.5 Å². The number of rotatable bonds is 0. The van der Waals surface area contributed by atoms with Crippen LogP contribution in [-0.2, 0) is 0 Å². The smallest absolute Gasteiger partial charge is 0.344 e. The van der Waals surface area contributed by atoms with E-state index in [1.54, 1.807) is 6.07 Å². The van der Waals surface area contributed by atoms with Crippen LogP contribution in [0.4, 0.5) is 0 Å². The van der Waals surface area contributed by atoms with Crippen molar-refractivity contribution in [2.75, 3.05) is 0 Å². The molecule has 0 amide bonds. The monoisotopic (exact) mass is 214 g/mol. The Morgan fingerprint density at radius 1 is 0.933 bits per heavy atom. The molecule has 1 aromatic carbocycles. The van der Waals surface area contributed by atoms with E-state index in [1.807, 2.05) is 36.1 Å². The summed E-state index contributed by atoms with van der Waals surface area (Å²) in [5, 5.41) is 3.38. The Hall–Kier alpha value is -1.66. The van der Waals surface area contributed by atoms with Gasteiger partial charge in [0.25, 0.3) is 0 Å². The highest BCUT2D eigenvalue weighted by Gasteiger charge is 2.04. The molecule has 0 N–H and O–H groups in total. The second-order valence-corrected chi connectivity index (χ2v) is 4.25. The fourth-order valence-electron chi connectivity index (χ4n) is 1.72. The van der Waals surface area contributed by atoms with Crippen LogP contribution in [0.15, 0.2) is 51.4 Å². The molecule has 0 atom stereocenters. The van der Waals surface area contributed by atoms with Gasteiger partial charge in [0, 0.05) is 10.8 Å². The molecular formula is C12H7O2P. The van der Waals surface area contributed by atoms with Crippen LogP contribution in [0, 0.1) is 0 Å². The lowest BCUT2D eigenvalue weighted by Crippen LogP contribution is -1.98. The van der Waals surface area contributed by atoms with E-state index in [0.717, 1.165) is 24.3 Å². The van der Waals surface area contributed by atoms with E-state index < -0.39 is 0 Å². The van der Waals surface area contributed by atoms with Crippen molar-refractivity contribution in [1.82, 2.24) is 0 Å². The Balaban J connectivity index is 2.70. The fourth-order valence-corrected chi connectivity index (χ4v) is 2.49. The second kappa shape index (κ2) is 3.18. The Morgan fingerprint density at radius 2 is 1.67 bits per heavy atom. The topological polar surface area (TPSA) is 30.2 Å². The van der Waals surface area contributed by atoms with Gasteiger partial charge in [0.2, 0.25) is 0 Å². The minimum Gasteiger partial charge on any atom is -0.417 e. The first-order valence-corrected chi connectivity index (χ1v) is 5.59. The third-order valence-electron chi connectivity index (χ3n) is 2.40. The molecule has 72 valence electrons. The van der Waals surface area contributed by atoms with Crippen LogP contribution in [0.5, 0.6) is 0 Å². The van der Waals surface area contributed by atoms with Gasteiger partial charge in [-0.15, -0.1) is 0 Å². The van der Waals surface area contributed by atoms with E-state index in [1.165, 1.54) is 0 Å². The maximum absolute atomic E-state index is 11.6. The highest BCUT2D eigenvalue weighted by Crippen LogP contribution is 2.27. The van der Waals surface area contributed by atoms with Crippen molar-refractivity contribution < 1.29 is 4.42 Å². The molecule has 3 rings (SSSR count). The molecular weight excluding hydrogens is 207 g/mol. The Bertz CT molecular complexity index is 700. The van der Waals surface area contributed by atoms with Crippen LogP contribution in [0.3, 0.4) is 0 Å². The van der Waals surface area contributed by atoms with Gasteiger partial charge >= 0.3 is 5.63 Å². The summed E-state index contributed by atoms with van der Waals surface area (Å²) in [4.78, 5) is 11.6. The summed E-state index contributed by atoms with van der Waals surface area (Å²) in [5.41, 5.74) is -0.249. The molecule has 3 heteroatoms. The van der Waals surface area contributed by atoms with E-state index in [0.29, 0.717) is 5.39 Å². The van der Waals surface area contributed by atoms with Gasteiger partial charge < -0.3 is 4.42 Å². The molecule has 2 nitrogen and oxygen atoms in total. The quantitative estimate of drug-likeness (QED) is 0.536. The Kier molecular flexibility index (Phi) is 1.83. The van der Waals surface area contributed by atoms with Crippen molar-refractivity contribution in [2.45, 2.75) is 0 Å². The SMILES string of the molecule is O=c1oc2pcccc2c2ccccc12. The Labute approximate surface area is 87.3 Å². The minimum absolute atomic E-state index is 0.249. The largest absolute Gasteiger partial charge is 0.417 e. The molecule has 0 aliphatic heterocycles. The summed E-state index contributed by atoms with van der Waals surface area (Å²) in [6.07, 6.45) is 0. The minimum atomic E-state index is -0.249. The molecule has 0 radical (unpaired) electrons. The van der Waals surface area contributed by atoms with Crippen molar-refractivity contribution in [3.63, 3.8) is 0 Å². The fraction of sp³-hybridized carbons (Fsp3) is 0. The van der Waals surface area contributed by atoms with E-state index >= 15 is 0 Å². The second-order valence-electron chi connectivity index (χ2n) is 3.29. The molecule has 2 heterocycles. The Morgan fingerprint density at radius 3 is 2.53 bits per heavy atom. The van der Waals surface area contributed by atoms with Gasteiger partial charge in [0.1, 0.15) is 0 Å². The average Bonchev–Trinajstić information content (AvgIpc) is 2.30. The van der Waals surface area contributed by atoms with E-state index in [2.05, 4.69) is 0 Å². The molecule has 0 saturated heterocycles. The summed E-state index contributed by atoms with van der Waals surface area (Å²) >= 11 is 0. The first-order chi connectivity index (χ1) is 7.36. The van der Waals surface area contributed by atoms with Crippen LogP contribution in [0.2, 0.25) is 0 Å². The molecule has 3 aromatic rings. The highest BCUT2D eigenvalue weighted by molar-refractivity contribution is 7.35. The predicted molar refractivity (Wildman–Crippen MR) is 62.5 cm³/mol. The molecule has 2 aromatic heterocycles. The molecule has 0 fully saturated rings. The van der Waals surface area contributed by atoms with E-state index in [4.69, 9.17) is 4.42 Å². The molecule has 0 saturated carbocycles. The number of hydrogen-bond donors (Lipinski definition) is 0. The van der Waals surface area contributed by atoms with Crippen molar-refractivity contribution >= 4 is 29.7 Å². The molecule has 0 spiro atoms. The summed E-state index contributed by atoms with van der Waals surface area (Å²) in [5.74, 6) is 1.96. The highest BCUT2D eigenvalue weighted by atomic mass is 31.0. The normalized spacial score (nSPS) is 11.5. The first kappa shape index (κ1) is 8.63. The zero-order chi connectivity index (χ0) is 10.3. The van der Waals surface area contributed by atoms with Gasteiger partial charge in [-0.3, -0.25) is 0 Å². The van der Waals surface area contributed by atoms with Crippen LogP contribution in [-0.4, -0.2) is 0 Å². The lowest BCUT2D eigenvalue weighted by atomic mass is 10.1. The van der Waals surface area contributed by atoms with Crippen molar-refractivity contribution in [2.24, 2.45) is 0 Å². The lowest BCUT2D eigenvalue weighted by molar-refractivity contribution is 0.577. The van der Waals surface area contributed by atoms with Crippen LogP contribution in [0.1, 0.15) is 0 Å². The molecule has 0 bridgehead atoms. The van der Waals surface area contributed by atoms with Gasteiger partial charge in [0.15, 0.2) is 5.31 Å². The first-order valence-electron chi connectivity index (χ1n) is 4.63. The van der Waals surface area contributed by atoms with Crippen LogP contribution >= 0.6 is 8.19 Å². The van der Waals surface area contributed by atoms with E-state index in [-0.39, 0.29) is 5.63 Å². The molecule has 0 aliphatic carbocycles. The lowest BCUT2D eigenvalue weighted by Gasteiger charge is -2.00. The zero-order valence-electron chi connectivity index (χ0n) is 7.81. The summed E-state index contributed by atoms with van der Waals surface area (Å²) < 4.78 is 5.26. The maximum atomic E-state index is 11.6. The van der Waals surface area contributed by atoms with Crippen LogP contribution < -0.4 is 5.63 Å².